The van der Waals surface area contributed by atoms with Gasteiger partial charge in [-0.3, -0.25) is 9.59 Å². The third kappa shape index (κ3) is 6.24. The van der Waals surface area contributed by atoms with Gasteiger partial charge in [0.25, 0.3) is 0 Å². The third-order valence-corrected chi connectivity index (χ3v) is 13.7. The predicted molar refractivity (Wildman–Crippen MR) is 211 cm³/mol. The van der Waals surface area contributed by atoms with Gasteiger partial charge in [0, 0.05) is 24.1 Å². The molecule has 0 spiro atoms. The van der Waals surface area contributed by atoms with E-state index in [0.717, 1.165) is 47.3 Å². The molecule has 0 saturated carbocycles. The molecule has 3 aromatic rings. The van der Waals surface area contributed by atoms with Crippen molar-refractivity contribution in [1.82, 2.24) is 9.80 Å². The Morgan fingerprint density at radius 2 is 1.57 bits per heavy atom. The van der Waals surface area contributed by atoms with E-state index in [2.05, 4.69) is 36.4 Å². The minimum absolute atomic E-state index is 0.0349. The van der Waals surface area contributed by atoms with Crippen molar-refractivity contribution in [2.24, 2.45) is 0 Å². The molecule has 3 atom stereocenters. The van der Waals surface area contributed by atoms with E-state index in [1.54, 1.807) is 18.0 Å². The van der Waals surface area contributed by atoms with Crippen LogP contribution >= 0.6 is 23.5 Å². The fraction of sp³-hybridized carbons (Fsp3) is 0.349. The zero-order valence-corrected chi connectivity index (χ0v) is 32.2. The number of carbonyl (C=O) groups is 2. The second-order valence-corrected chi connectivity index (χ2v) is 15.9. The fourth-order valence-corrected chi connectivity index (χ4v) is 11.8. The molecule has 4 aliphatic heterocycles. The van der Waals surface area contributed by atoms with Crippen LogP contribution in [0.4, 0.5) is 0 Å². The summed E-state index contributed by atoms with van der Waals surface area (Å²) in [5.41, 5.74) is 4.89. The quantitative estimate of drug-likeness (QED) is 0.171. The molecule has 3 unspecified atom stereocenters. The molecule has 9 nitrogen and oxygen atoms in total. The summed E-state index contributed by atoms with van der Waals surface area (Å²) >= 11 is 3.09. The van der Waals surface area contributed by atoms with Gasteiger partial charge in [0.2, 0.25) is 11.8 Å². The minimum atomic E-state index is -1.26. The standard InChI is InChI=1S/C43H44N2O7S2/c1-3-49-37-16-10-8-14-33(37)42(44(40(46)28-53-42)26-31-18-19-36-32(24-31)20-21-51-36)43(34-15-9-11-17-38(34)50-4-2)45(41(47)29-54-43)35(39-27-48-22-23-52-39)25-30-12-6-5-7-13-30/h5-6,8-12,14-19,22-24,27,35H,3-4,7,13,20-21,25-26,28-29H2,1-2H3. The highest BCUT2D eigenvalue weighted by molar-refractivity contribution is 8.05. The van der Waals surface area contributed by atoms with Crippen LogP contribution in [0.25, 0.3) is 0 Å². The van der Waals surface area contributed by atoms with Crippen LogP contribution < -0.4 is 14.2 Å². The molecule has 280 valence electrons. The first-order valence-corrected chi connectivity index (χ1v) is 20.6. The molecule has 8 rings (SSSR count). The molecule has 0 bridgehead atoms. The summed E-state index contributed by atoms with van der Waals surface area (Å²) in [5, 5.41) is 0. The number of fused-ring (bicyclic) bond motifs is 1. The Morgan fingerprint density at radius 1 is 0.852 bits per heavy atom. The zero-order valence-electron chi connectivity index (χ0n) is 30.5. The molecule has 0 aromatic heterocycles. The van der Waals surface area contributed by atoms with E-state index in [-0.39, 0.29) is 23.3 Å². The second kappa shape index (κ2) is 15.5. The van der Waals surface area contributed by atoms with Crippen LogP contribution in [0.15, 0.2) is 115 Å². The number of carbonyl (C=O) groups excluding carboxylic acids is 2. The van der Waals surface area contributed by atoms with Crippen molar-refractivity contribution >= 4 is 35.3 Å². The summed E-state index contributed by atoms with van der Waals surface area (Å²) < 4.78 is 30.8. The van der Waals surface area contributed by atoms with Crippen molar-refractivity contribution in [3.05, 3.63) is 137 Å². The van der Waals surface area contributed by atoms with Gasteiger partial charge in [-0.2, -0.15) is 0 Å². The first-order chi connectivity index (χ1) is 26.5. The van der Waals surface area contributed by atoms with Gasteiger partial charge in [-0.15, -0.1) is 23.5 Å². The topological polar surface area (TPSA) is 86.8 Å². The maximum Gasteiger partial charge on any atom is 0.234 e. The van der Waals surface area contributed by atoms with E-state index in [1.165, 1.54) is 29.9 Å². The molecule has 3 aromatic carbocycles. The fourth-order valence-electron chi connectivity index (χ4n) is 8.31. The Hall–Kier alpha value is -4.74. The number of amides is 2. The summed E-state index contributed by atoms with van der Waals surface area (Å²) in [4.78, 5) is 31.4. The lowest BCUT2D eigenvalue weighted by Crippen LogP contribution is -2.63. The van der Waals surface area contributed by atoms with Gasteiger partial charge in [0.1, 0.15) is 36.0 Å². The normalized spacial score (nSPS) is 23.7. The second-order valence-electron chi connectivity index (χ2n) is 13.6. The Balaban J connectivity index is 1.43. The monoisotopic (exact) mass is 764 g/mol. The van der Waals surface area contributed by atoms with Crippen molar-refractivity contribution in [3.8, 4) is 17.2 Å². The first-order valence-electron chi connectivity index (χ1n) is 18.6. The Morgan fingerprint density at radius 3 is 2.28 bits per heavy atom. The number of allylic oxidation sites excluding steroid dienone is 3. The van der Waals surface area contributed by atoms with Crippen LogP contribution in [0.3, 0.4) is 0 Å². The molecular weight excluding hydrogens is 721 g/mol. The zero-order chi connectivity index (χ0) is 37.1. The third-order valence-electron chi connectivity index (χ3n) is 10.5. The smallest absolute Gasteiger partial charge is 0.234 e. The predicted octanol–water partition coefficient (Wildman–Crippen LogP) is 8.17. The van der Waals surface area contributed by atoms with Crippen LogP contribution in [0.1, 0.15) is 55.4 Å². The van der Waals surface area contributed by atoms with Gasteiger partial charge >= 0.3 is 0 Å². The van der Waals surface area contributed by atoms with Crippen LogP contribution in [-0.4, -0.2) is 59.0 Å². The van der Waals surface area contributed by atoms with Crippen molar-refractivity contribution in [3.63, 3.8) is 0 Å². The first kappa shape index (κ1) is 36.2. The Labute approximate surface area is 325 Å². The highest BCUT2D eigenvalue weighted by Gasteiger charge is 2.71. The number of benzene rings is 3. The molecule has 11 heteroatoms. The van der Waals surface area contributed by atoms with Crippen LogP contribution in [-0.2, 0) is 41.8 Å². The number of rotatable bonds is 13. The molecule has 0 N–H and O–H groups in total. The average molecular weight is 765 g/mol. The van der Waals surface area contributed by atoms with E-state index < -0.39 is 15.8 Å². The lowest BCUT2D eigenvalue weighted by molar-refractivity contribution is -0.143. The number of nitrogens with zero attached hydrogens (tertiary/aromatic N) is 2. The largest absolute Gasteiger partial charge is 0.493 e. The molecule has 1 aliphatic carbocycles. The highest BCUT2D eigenvalue weighted by atomic mass is 32.2. The Bertz CT molecular complexity index is 2040. The lowest BCUT2D eigenvalue weighted by atomic mass is 9.85. The molecule has 4 heterocycles. The molecule has 2 amide bonds. The summed E-state index contributed by atoms with van der Waals surface area (Å²) in [5.74, 6) is 2.93. The molecular formula is C43H44N2O7S2. The minimum Gasteiger partial charge on any atom is -0.493 e. The maximum atomic E-state index is 15.1. The average Bonchev–Trinajstić information content (AvgIpc) is 3.91. The number of hydrogen-bond donors (Lipinski definition) is 0. The van der Waals surface area contributed by atoms with Gasteiger partial charge in [-0.25, -0.2) is 0 Å². The van der Waals surface area contributed by atoms with Crippen LogP contribution in [0.2, 0.25) is 0 Å². The molecule has 2 saturated heterocycles. The number of para-hydroxylation sites is 2. The van der Waals surface area contributed by atoms with Crippen molar-refractivity contribution < 1.29 is 33.3 Å². The number of hydrogen-bond acceptors (Lipinski definition) is 9. The van der Waals surface area contributed by atoms with Crippen molar-refractivity contribution in [1.29, 1.82) is 0 Å². The van der Waals surface area contributed by atoms with Gasteiger partial charge in [0.05, 0.1) is 37.4 Å². The molecule has 2 fully saturated rings. The molecule has 0 radical (unpaired) electrons. The summed E-state index contributed by atoms with van der Waals surface area (Å²) in [6, 6.07) is 21.5. The molecule has 54 heavy (non-hydrogen) atoms. The van der Waals surface area contributed by atoms with Crippen LogP contribution in [0.5, 0.6) is 17.2 Å². The van der Waals surface area contributed by atoms with E-state index in [9.17, 15) is 4.79 Å². The van der Waals surface area contributed by atoms with Gasteiger partial charge in [-0.1, -0.05) is 72.3 Å². The van der Waals surface area contributed by atoms with E-state index in [0.29, 0.717) is 50.0 Å². The Kier molecular flexibility index (Phi) is 10.4. The summed E-state index contributed by atoms with van der Waals surface area (Å²) in [6.07, 6.45) is 14.0. The molecule has 5 aliphatic rings. The summed E-state index contributed by atoms with van der Waals surface area (Å²) in [6.45, 7) is 5.69. The van der Waals surface area contributed by atoms with Crippen molar-refractivity contribution in [2.45, 2.75) is 61.9 Å². The summed E-state index contributed by atoms with van der Waals surface area (Å²) in [7, 11) is 0. The van der Waals surface area contributed by atoms with E-state index in [1.807, 2.05) is 72.2 Å². The number of ether oxygens (including phenoxy) is 5. The number of thioether (sulfide) groups is 2. The van der Waals surface area contributed by atoms with Crippen LogP contribution in [0, 0.1) is 0 Å². The van der Waals surface area contributed by atoms with Crippen molar-refractivity contribution in [2.75, 3.05) is 31.3 Å². The van der Waals surface area contributed by atoms with Gasteiger partial charge < -0.3 is 33.5 Å². The highest BCUT2D eigenvalue weighted by Crippen LogP contribution is 2.69. The SMILES string of the molecule is CCOc1ccccc1C1(C2(c3ccccc3OCC)SCC(=O)N2C(CC2=CC=CCC2)C2=COC=CO2)SCC(=O)N1Cc1ccc2c(c1)CCO2. The van der Waals surface area contributed by atoms with Gasteiger partial charge in [0.15, 0.2) is 15.5 Å². The lowest BCUT2D eigenvalue weighted by Gasteiger charge is -2.56. The maximum absolute atomic E-state index is 15.1. The van der Waals surface area contributed by atoms with Gasteiger partial charge in [-0.05, 0) is 62.4 Å². The van der Waals surface area contributed by atoms with E-state index in [4.69, 9.17) is 23.7 Å². The van der Waals surface area contributed by atoms with E-state index >= 15 is 4.79 Å².